The number of carbonyl (C=O) groups excluding carboxylic acids is 7. The van der Waals surface area contributed by atoms with Gasteiger partial charge in [0.2, 0.25) is 5.54 Å². The molecule has 0 saturated carbocycles. The van der Waals surface area contributed by atoms with E-state index in [2.05, 4.69) is 161 Å². The molecule has 0 bridgehead atoms. The number of benzene rings is 6. The lowest BCUT2D eigenvalue weighted by atomic mass is 9.98. The van der Waals surface area contributed by atoms with Crippen LogP contribution in [0.4, 0.5) is 18.4 Å². The van der Waals surface area contributed by atoms with Crippen molar-refractivity contribution >= 4 is 134 Å². The number of aliphatic hydroxyl groups is 1. The highest BCUT2D eigenvalue weighted by molar-refractivity contribution is 14.1. The minimum absolute atomic E-state index is 0.0643. The second-order valence-electron chi connectivity index (χ2n) is 25.2. The molecule has 0 spiro atoms. The van der Waals surface area contributed by atoms with E-state index in [9.17, 15) is 47.4 Å². The van der Waals surface area contributed by atoms with Crippen molar-refractivity contribution in [3.8, 4) is 58.2 Å². The fraction of sp³-hybridized carbons (Fsp3) is 0.108. The van der Waals surface area contributed by atoms with Crippen molar-refractivity contribution in [3.05, 3.63) is 311 Å². The predicted octanol–water partition coefficient (Wildman–Crippen LogP) is 13.4. The Morgan fingerprint density at radius 2 is 1.00 bits per heavy atom. The highest BCUT2D eigenvalue weighted by Gasteiger charge is 2.50. The highest BCUT2D eigenvalue weighted by Crippen LogP contribution is 2.34. The van der Waals surface area contributed by atoms with E-state index in [0.29, 0.717) is 61.4 Å². The molecule has 13 aromatic rings. The molecule has 3 atom stereocenters. The highest BCUT2D eigenvalue weighted by atomic mass is 127. The van der Waals surface area contributed by atoms with Crippen LogP contribution in [0.1, 0.15) is 70.6 Å². The number of nitrogens with zero attached hydrogens (tertiary/aromatic N) is 9. The number of rotatable bonds is 12. The number of halogens is 6. The van der Waals surface area contributed by atoms with Gasteiger partial charge in [-0.15, -0.1) is 6.42 Å². The lowest BCUT2D eigenvalue weighted by Gasteiger charge is -2.26. The number of terminal acetylenes is 1. The van der Waals surface area contributed by atoms with Crippen LogP contribution in [0.5, 0.6) is 11.5 Å². The van der Waals surface area contributed by atoms with Gasteiger partial charge in [0.25, 0.3) is 23.6 Å². The molecule has 31 heteroatoms. The lowest BCUT2D eigenvalue weighted by molar-refractivity contribution is -0.123. The van der Waals surface area contributed by atoms with Gasteiger partial charge >= 0.3 is 12.1 Å². The van der Waals surface area contributed by atoms with E-state index in [1.165, 1.54) is 58.2 Å². The summed E-state index contributed by atoms with van der Waals surface area (Å²) < 4.78 is 41.0. The maximum atomic E-state index is 13.6. The molecule has 7 N–H and O–H groups in total. The molecule has 17 rings (SSSR count). The number of hydrogen-bond donors (Lipinski definition) is 7. The number of pyridine rings is 5. The number of imide groups is 2. The molecule has 2 fully saturated rings. The summed E-state index contributed by atoms with van der Waals surface area (Å²) in [5, 5.41) is 36.2. The van der Waals surface area contributed by atoms with E-state index < -0.39 is 52.7 Å². The number of carbonyl (C=O) groups is 7. The predicted molar refractivity (Wildman–Crippen MR) is 437 cm³/mol. The molecule has 25 nitrogen and oxygen atoms in total. The Morgan fingerprint density at radius 3 is 1.47 bits per heavy atom. The summed E-state index contributed by atoms with van der Waals surface area (Å²) in [5.41, 5.74) is 7.07. The van der Waals surface area contributed by atoms with E-state index in [-0.39, 0.29) is 41.8 Å². The molecule has 1 unspecified atom stereocenters. The third-order valence-corrected chi connectivity index (χ3v) is 20.0. The van der Waals surface area contributed by atoms with Gasteiger partial charge in [0, 0.05) is 142 Å². The fourth-order valence-corrected chi connectivity index (χ4v) is 13.4. The Kier molecular flexibility index (Phi) is 25.9. The number of ketones is 1. The summed E-state index contributed by atoms with van der Waals surface area (Å²) in [5.74, 6) is 6.34. The standard InChI is InChI=1S/C27H20N6O4.C15H13N3O4.C12H9BrFNO.C12H7BrFNO.C12H8BrN3.C5H4IN/c1-37-19-4-3-18-14-33(24(34)21(18)13-19)15-27(25(35)29-26(36)30-27)9-6-16-2-5-20-22(12-16)31-32-23(20)17-7-10-28-11-8-17;1-3-15(13(20)16-14(21)17-15)8-18-7-9-4-5-10(22-2)6-11(9)12(18)19;2*13-9-1-2-10(11(14)7-9)12(16)8-3-5-15-6-4-8;13-9-1-2-10-11(7-9)15-16-12(10)8-3-5-14-6-4-8;6-5-1-3-7-4-2-5/h2-5,7-8,10-13H,14-15H2,1H3,(H,31,32)(H2,29,30,35,36);1,4-6H,7-8H2,2H3,(H2,16,17,20,21);1-7,12,16H;1-7H;1-7H,(H,15,16);1-4H/t27-;15-;;;;/m11..../s1. The second-order valence-corrected chi connectivity index (χ2v) is 29.2. The topological polar surface area (TPSA) is 335 Å². The molecule has 11 heterocycles. The van der Waals surface area contributed by atoms with Crippen LogP contribution in [0.3, 0.4) is 0 Å². The van der Waals surface area contributed by atoms with Crippen LogP contribution in [0.15, 0.2) is 245 Å². The quantitative estimate of drug-likeness (QED) is 0.0259. The van der Waals surface area contributed by atoms with Gasteiger partial charge in [-0.1, -0.05) is 83.8 Å². The Balaban J connectivity index is 0.000000135. The number of aliphatic hydroxyl groups excluding tert-OH is 1. The zero-order valence-corrected chi connectivity index (χ0v) is 66.8. The second kappa shape index (κ2) is 36.6. The largest absolute Gasteiger partial charge is 0.497 e. The first-order valence-electron chi connectivity index (χ1n) is 34.2. The van der Waals surface area contributed by atoms with Crippen LogP contribution in [0.25, 0.3) is 44.3 Å². The van der Waals surface area contributed by atoms with Gasteiger partial charge in [0.1, 0.15) is 40.6 Å². The number of H-pyrrole nitrogens is 2. The minimum Gasteiger partial charge on any atom is -0.497 e. The summed E-state index contributed by atoms with van der Waals surface area (Å²) >= 11 is 12.0. The van der Waals surface area contributed by atoms with Gasteiger partial charge in [0.15, 0.2) is 11.3 Å². The molecule has 4 aliphatic rings. The maximum Gasteiger partial charge on any atom is 0.323 e. The molecule has 4 aliphatic heterocycles. The van der Waals surface area contributed by atoms with Crippen molar-refractivity contribution in [2.45, 2.75) is 30.3 Å². The van der Waals surface area contributed by atoms with E-state index >= 15 is 0 Å². The third-order valence-electron chi connectivity index (χ3n) is 17.8. The van der Waals surface area contributed by atoms with Gasteiger partial charge in [-0.3, -0.25) is 69.7 Å². The number of ether oxygens (including phenoxy) is 2. The Hall–Kier alpha value is -12.8. The number of nitrogens with one attached hydrogen (secondary N) is 6. The molecule has 2 saturated heterocycles. The smallest absolute Gasteiger partial charge is 0.323 e. The molecule has 114 heavy (non-hydrogen) atoms. The summed E-state index contributed by atoms with van der Waals surface area (Å²) in [4.78, 5) is 108. The summed E-state index contributed by atoms with van der Waals surface area (Å²) in [7, 11) is 3.05. The number of aromatic nitrogens is 9. The summed E-state index contributed by atoms with van der Waals surface area (Å²) in [6.45, 7) is 0.427. The van der Waals surface area contributed by atoms with E-state index in [1.54, 1.807) is 122 Å². The zero-order chi connectivity index (χ0) is 80.6. The van der Waals surface area contributed by atoms with Gasteiger partial charge in [-0.25, -0.2) is 18.4 Å². The van der Waals surface area contributed by atoms with Crippen LogP contribution in [0, 0.1) is 39.4 Å². The average molecular weight is 1830 g/mol. The summed E-state index contributed by atoms with van der Waals surface area (Å²) in [6.07, 6.45) is 21.1. The lowest BCUT2D eigenvalue weighted by Crippen LogP contribution is -2.54. The maximum absolute atomic E-state index is 13.6. The van der Waals surface area contributed by atoms with Crippen molar-refractivity contribution in [1.29, 1.82) is 0 Å². The first-order valence-corrected chi connectivity index (χ1v) is 37.6. The number of fused-ring (bicyclic) bond motifs is 4. The fourth-order valence-electron chi connectivity index (χ4n) is 12.1. The Bertz CT molecular complexity index is 5910. The third kappa shape index (κ3) is 19.0. The van der Waals surface area contributed by atoms with Crippen molar-refractivity contribution in [1.82, 2.24) is 76.4 Å². The molecule has 570 valence electrons. The molecule has 0 aliphatic carbocycles. The van der Waals surface area contributed by atoms with E-state index in [1.807, 2.05) is 72.8 Å². The van der Waals surface area contributed by atoms with Crippen LogP contribution < -0.4 is 30.7 Å². The van der Waals surface area contributed by atoms with Crippen molar-refractivity contribution in [2.75, 3.05) is 27.3 Å². The first kappa shape index (κ1) is 80.7. The molecule has 6 aromatic carbocycles. The van der Waals surface area contributed by atoms with Gasteiger partial charge in [0.05, 0.1) is 43.9 Å². The number of urea groups is 2. The van der Waals surface area contributed by atoms with Crippen LogP contribution in [-0.4, -0.2) is 140 Å². The number of aromatic amines is 2. The number of amides is 8. The molecule has 0 radical (unpaired) electrons. The molecular weight excluding hydrogens is 1770 g/mol. The molecular formula is C83H61Br3F2IN15O10. The van der Waals surface area contributed by atoms with E-state index in [0.717, 1.165) is 59.9 Å². The van der Waals surface area contributed by atoms with Gasteiger partial charge < -0.3 is 35.0 Å². The average Bonchev–Trinajstić information content (AvgIpc) is 1.86. The number of methoxy groups -OCH3 is 2. The van der Waals surface area contributed by atoms with Crippen molar-refractivity contribution in [3.63, 3.8) is 0 Å². The van der Waals surface area contributed by atoms with Gasteiger partial charge in [-0.2, -0.15) is 10.2 Å². The van der Waals surface area contributed by atoms with Crippen molar-refractivity contribution in [2.24, 2.45) is 0 Å². The van der Waals surface area contributed by atoms with Crippen LogP contribution in [0.2, 0.25) is 0 Å². The number of hydrogen-bond acceptors (Lipinski definition) is 17. The first-order chi connectivity index (χ1) is 55.0. The Morgan fingerprint density at radius 1 is 0.553 bits per heavy atom. The minimum atomic E-state index is -1.59. The van der Waals surface area contributed by atoms with Crippen LogP contribution in [-0.2, 0) is 22.7 Å². The summed E-state index contributed by atoms with van der Waals surface area (Å²) in [6, 6.07) is 47.8. The molecule has 8 amide bonds. The molecule has 7 aromatic heterocycles. The van der Waals surface area contributed by atoms with E-state index in [4.69, 9.17) is 15.9 Å². The van der Waals surface area contributed by atoms with Crippen molar-refractivity contribution < 1.29 is 56.9 Å². The van der Waals surface area contributed by atoms with Crippen LogP contribution >= 0.6 is 70.4 Å². The normalized spacial score (nSPS) is 15.6. The monoisotopic (exact) mass is 1830 g/mol. The SMILES string of the molecule is Brc1ccc2c(-c3ccncc3)n[nH]c2c1.C#C[C@]1(CN2Cc3ccc(OC)cc3C2=O)NC(=O)NC1=O.COc1ccc2c(c1)C(=O)N(C[C@@]1(C#Cc3ccc4c(-c5ccncc5)n[nH]c4c3)NC(=O)NC1=O)C2.Ic1ccncc1.O=C(c1ccncc1)c1ccc(Br)cc1F.OC(c1ccncc1)c1ccc(Br)cc1F. The Labute approximate surface area is 688 Å². The zero-order valence-electron chi connectivity index (χ0n) is 59.8. The van der Waals surface area contributed by atoms with Gasteiger partial charge in [-0.05, 0) is 191 Å².